The molecule has 0 aliphatic heterocycles. The molecule has 0 aliphatic rings. The smallest absolute Gasteiger partial charge is 0.179 e. The predicted octanol–water partition coefficient (Wildman–Crippen LogP) is 5.06. The quantitative estimate of drug-likeness (QED) is 0.497. The van der Waals surface area contributed by atoms with Crippen LogP contribution in [0.1, 0.15) is 5.56 Å². The van der Waals surface area contributed by atoms with Crippen molar-refractivity contribution in [3.8, 4) is 0 Å². The second kappa shape index (κ2) is 4.72. The van der Waals surface area contributed by atoms with Crippen LogP contribution in [0.15, 0.2) is 59.3 Å². The summed E-state index contributed by atoms with van der Waals surface area (Å²) >= 11 is 5.34. The summed E-state index contributed by atoms with van der Waals surface area (Å²) in [5.74, 6) is 0. The minimum atomic E-state index is 0.832. The Morgan fingerprint density at radius 2 is 1.75 bits per heavy atom. The zero-order valence-corrected chi connectivity index (χ0v) is 13.0. The number of nitrogens with zero attached hydrogens (tertiary/aromatic N) is 2. The molecule has 0 saturated heterocycles. The summed E-state index contributed by atoms with van der Waals surface area (Å²) in [6.45, 7) is 0.832. The average Bonchev–Trinajstić information content (AvgIpc) is 2.97. The molecule has 0 N–H and O–H groups in total. The molecular formula is C16H11BrN2S. The van der Waals surface area contributed by atoms with Gasteiger partial charge in [-0.1, -0.05) is 48.5 Å². The number of thiophene rings is 1. The van der Waals surface area contributed by atoms with E-state index in [1.165, 1.54) is 21.2 Å². The number of benzene rings is 2. The van der Waals surface area contributed by atoms with Crippen molar-refractivity contribution in [2.75, 3.05) is 0 Å². The van der Waals surface area contributed by atoms with E-state index in [2.05, 4.69) is 74.0 Å². The van der Waals surface area contributed by atoms with Crippen molar-refractivity contribution in [1.82, 2.24) is 9.55 Å². The summed E-state index contributed by atoms with van der Waals surface area (Å²) in [7, 11) is 0. The molecule has 2 nitrogen and oxygen atoms in total. The van der Waals surface area contributed by atoms with Crippen LogP contribution in [0, 0.1) is 0 Å². The molecule has 0 fully saturated rings. The standard InChI is InChI=1S/C16H11BrN2S/c17-16-18-15-14(12-8-4-5-9-13(12)20-15)19(16)10-11-6-2-1-3-7-11/h1-9H,10H2. The molecule has 0 spiro atoms. The van der Waals surface area contributed by atoms with Crippen molar-refractivity contribution in [3.63, 3.8) is 0 Å². The Labute approximate surface area is 128 Å². The lowest BCUT2D eigenvalue weighted by molar-refractivity contribution is 0.802. The summed E-state index contributed by atoms with van der Waals surface area (Å²) < 4.78 is 4.43. The fourth-order valence-corrected chi connectivity index (χ4v) is 4.18. The first-order chi connectivity index (χ1) is 9.83. The third-order valence-electron chi connectivity index (χ3n) is 3.42. The van der Waals surface area contributed by atoms with Crippen molar-refractivity contribution in [2.45, 2.75) is 6.54 Å². The van der Waals surface area contributed by atoms with Crippen molar-refractivity contribution in [2.24, 2.45) is 0 Å². The molecule has 4 heteroatoms. The largest absolute Gasteiger partial charge is 0.313 e. The molecule has 0 bridgehead atoms. The number of hydrogen-bond acceptors (Lipinski definition) is 2. The molecular weight excluding hydrogens is 332 g/mol. The topological polar surface area (TPSA) is 17.8 Å². The maximum absolute atomic E-state index is 4.64. The van der Waals surface area contributed by atoms with Gasteiger partial charge in [-0.2, -0.15) is 0 Å². The fraction of sp³-hybridized carbons (Fsp3) is 0.0625. The number of fused-ring (bicyclic) bond motifs is 3. The minimum Gasteiger partial charge on any atom is -0.313 e. The van der Waals surface area contributed by atoms with Gasteiger partial charge in [-0.25, -0.2) is 4.98 Å². The first-order valence-corrected chi connectivity index (χ1v) is 8.01. The molecule has 2 aromatic carbocycles. The van der Waals surface area contributed by atoms with Gasteiger partial charge in [-0.3, -0.25) is 0 Å². The van der Waals surface area contributed by atoms with Gasteiger partial charge in [0.25, 0.3) is 0 Å². The van der Waals surface area contributed by atoms with Crippen LogP contribution < -0.4 is 0 Å². The molecule has 4 rings (SSSR count). The van der Waals surface area contributed by atoms with Gasteiger partial charge in [0.1, 0.15) is 4.83 Å². The molecule has 2 aromatic heterocycles. The van der Waals surface area contributed by atoms with Gasteiger partial charge in [0.15, 0.2) is 4.73 Å². The normalized spacial score (nSPS) is 11.4. The zero-order chi connectivity index (χ0) is 13.5. The van der Waals surface area contributed by atoms with Gasteiger partial charge in [0.05, 0.1) is 12.1 Å². The Balaban J connectivity index is 1.95. The van der Waals surface area contributed by atoms with Crippen LogP contribution in [0.3, 0.4) is 0 Å². The van der Waals surface area contributed by atoms with Gasteiger partial charge >= 0.3 is 0 Å². The molecule has 0 aliphatic carbocycles. The van der Waals surface area contributed by atoms with Crippen LogP contribution in [0.25, 0.3) is 20.4 Å². The van der Waals surface area contributed by atoms with E-state index in [0.29, 0.717) is 0 Å². The van der Waals surface area contributed by atoms with Gasteiger partial charge in [-0.05, 0) is 27.6 Å². The monoisotopic (exact) mass is 342 g/mol. The summed E-state index contributed by atoms with van der Waals surface area (Å²) in [5, 5.41) is 1.28. The highest BCUT2D eigenvalue weighted by atomic mass is 79.9. The van der Waals surface area contributed by atoms with Gasteiger partial charge in [0, 0.05) is 10.1 Å². The predicted molar refractivity (Wildman–Crippen MR) is 88.4 cm³/mol. The Hall–Kier alpha value is -1.65. The number of aromatic nitrogens is 2. The molecule has 2 heterocycles. The summed E-state index contributed by atoms with van der Waals surface area (Å²) in [5.41, 5.74) is 2.50. The Kier molecular flexibility index (Phi) is 2.86. The average molecular weight is 343 g/mol. The molecule has 20 heavy (non-hydrogen) atoms. The van der Waals surface area contributed by atoms with E-state index >= 15 is 0 Å². The lowest BCUT2D eigenvalue weighted by Gasteiger charge is -2.06. The molecule has 0 saturated carbocycles. The van der Waals surface area contributed by atoms with E-state index in [1.54, 1.807) is 11.3 Å². The third kappa shape index (κ3) is 1.87. The highest BCUT2D eigenvalue weighted by Crippen LogP contribution is 2.35. The zero-order valence-electron chi connectivity index (χ0n) is 10.6. The summed E-state index contributed by atoms with van der Waals surface area (Å²) in [4.78, 5) is 5.74. The van der Waals surface area contributed by atoms with E-state index in [4.69, 9.17) is 0 Å². The van der Waals surface area contributed by atoms with Crippen molar-refractivity contribution >= 4 is 47.7 Å². The Morgan fingerprint density at radius 3 is 2.60 bits per heavy atom. The van der Waals surface area contributed by atoms with E-state index in [1.807, 2.05) is 6.07 Å². The second-order valence-electron chi connectivity index (χ2n) is 4.70. The Bertz CT molecular complexity index is 893. The Morgan fingerprint density at radius 1 is 1.00 bits per heavy atom. The van der Waals surface area contributed by atoms with Crippen LogP contribution in [0.2, 0.25) is 0 Å². The van der Waals surface area contributed by atoms with Gasteiger partial charge < -0.3 is 4.57 Å². The van der Waals surface area contributed by atoms with E-state index < -0.39 is 0 Å². The van der Waals surface area contributed by atoms with Crippen LogP contribution in [0.4, 0.5) is 0 Å². The van der Waals surface area contributed by atoms with Gasteiger partial charge in [0.2, 0.25) is 0 Å². The SMILES string of the molecule is Brc1nc2sc3ccccc3c2n1Cc1ccccc1. The third-order valence-corrected chi connectivity index (χ3v) is 5.08. The number of rotatable bonds is 2. The maximum atomic E-state index is 4.64. The maximum Gasteiger partial charge on any atom is 0.179 e. The molecule has 0 amide bonds. The molecule has 0 atom stereocenters. The van der Waals surface area contributed by atoms with Crippen LogP contribution in [-0.2, 0) is 6.54 Å². The first kappa shape index (κ1) is 12.1. The molecule has 0 unspecified atom stereocenters. The summed E-state index contributed by atoms with van der Waals surface area (Å²) in [6.07, 6.45) is 0. The van der Waals surface area contributed by atoms with Crippen molar-refractivity contribution in [1.29, 1.82) is 0 Å². The fourth-order valence-electron chi connectivity index (χ4n) is 2.50. The lowest BCUT2D eigenvalue weighted by atomic mass is 10.2. The van der Waals surface area contributed by atoms with E-state index in [0.717, 1.165) is 16.1 Å². The minimum absolute atomic E-state index is 0.832. The van der Waals surface area contributed by atoms with Crippen LogP contribution in [-0.4, -0.2) is 9.55 Å². The van der Waals surface area contributed by atoms with E-state index in [-0.39, 0.29) is 0 Å². The molecule has 98 valence electrons. The summed E-state index contributed by atoms with van der Waals surface area (Å²) in [6, 6.07) is 19.0. The molecule has 0 radical (unpaired) electrons. The number of hydrogen-bond donors (Lipinski definition) is 0. The highest BCUT2D eigenvalue weighted by Gasteiger charge is 2.14. The van der Waals surface area contributed by atoms with Crippen LogP contribution >= 0.6 is 27.3 Å². The lowest BCUT2D eigenvalue weighted by Crippen LogP contribution is -1.99. The van der Waals surface area contributed by atoms with E-state index in [9.17, 15) is 0 Å². The number of imidazole rings is 1. The highest BCUT2D eigenvalue weighted by molar-refractivity contribution is 9.10. The molecule has 4 aromatic rings. The van der Waals surface area contributed by atoms with Crippen molar-refractivity contribution in [3.05, 3.63) is 64.9 Å². The van der Waals surface area contributed by atoms with Crippen LogP contribution in [0.5, 0.6) is 0 Å². The second-order valence-corrected chi connectivity index (χ2v) is 6.44. The number of halogens is 1. The van der Waals surface area contributed by atoms with Gasteiger partial charge in [-0.15, -0.1) is 11.3 Å². The first-order valence-electron chi connectivity index (χ1n) is 6.40. The van der Waals surface area contributed by atoms with Crippen molar-refractivity contribution < 1.29 is 0 Å².